The lowest BCUT2D eigenvalue weighted by molar-refractivity contribution is 0.306. The third kappa shape index (κ3) is 5.45. The molecule has 9 heteroatoms. The fourth-order valence-corrected chi connectivity index (χ4v) is 3.18. The molecule has 0 unspecified atom stereocenters. The highest BCUT2D eigenvalue weighted by atomic mass is 32.2. The number of hydrogen-bond donors (Lipinski definition) is 5. The highest BCUT2D eigenvalue weighted by Gasteiger charge is 2.22. The van der Waals surface area contributed by atoms with Gasteiger partial charge in [-0.1, -0.05) is 12.8 Å². The summed E-state index contributed by atoms with van der Waals surface area (Å²) in [5.41, 5.74) is 6.80. The van der Waals surface area contributed by atoms with Crippen LogP contribution in [0.3, 0.4) is 0 Å². The van der Waals surface area contributed by atoms with Crippen molar-refractivity contribution in [1.82, 2.24) is 5.32 Å². The zero-order chi connectivity index (χ0) is 17.6. The Morgan fingerprint density at radius 2 is 1.92 bits per heavy atom. The van der Waals surface area contributed by atoms with Crippen LogP contribution in [-0.4, -0.2) is 44.7 Å². The molecule has 7 N–H and O–H groups in total. The highest BCUT2D eigenvalue weighted by molar-refractivity contribution is 7.89. The minimum atomic E-state index is -3.72. The molecular weight excluding hydrogens is 330 g/mol. The summed E-state index contributed by atoms with van der Waals surface area (Å²) in [6.45, 7) is 0.195. The van der Waals surface area contributed by atoms with Crippen molar-refractivity contribution in [2.45, 2.75) is 42.7 Å². The van der Waals surface area contributed by atoms with Crippen molar-refractivity contribution < 1.29 is 13.5 Å². The van der Waals surface area contributed by atoms with Gasteiger partial charge in [0.15, 0.2) is 5.96 Å². The maximum absolute atomic E-state index is 11.3. The summed E-state index contributed by atoms with van der Waals surface area (Å²) in [6.07, 6.45) is 4.17. The standard InChI is InChI=1S/C15H25N5O3S/c16-13-3-1-2-4-14(13)20-15(18-9-10-21)19-11-5-7-12(8-6-11)24(17,22)23/h5-8,13-14,21H,1-4,9-10,16H2,(H2,17,22,23)(H2,18,19,20)/t13-,14-/m0/s1. The molecule has 0 aliphatic heterocycles. The summed E-state index contributed by atoms with van der Waals surface area (Å²) in [5, 5.41) is 20.5. The number of hydrogen-bond acceptors (Lipinski definition) is 5. The lowest BCUT2D eigenvalue weighted by Crippen LogP contribution is -2.51. The van der Waals surface area contributed by atoms with Crippen LogP contribution in [0, 0.1) is 0 Å². The Kier molecular flexibility index (Phi) is 6.55. The van der Waals surface area contributed by atoms with Crippen LogP contribution in [0.1, 0.15) is 25.7 Å². The first-order valence-corrected chi connectivity index (χ1v) is 9.52. The number of rotatable bonds is 5. The predicted molar refractivity (Wildman–Crippen MR) is 94.2 cm³/mol. The van der Waals surface area contributed by atoms with E-state index < -0.39 is 10.0 Å². The summed E-state index contributed by atoms with van der Waals surface area (Å²) in [5.74, 6) is 0.509. The summed E-state index contributed by atoms with van der Waals surface area (Å²) in [4.78, 5) is 4.33. The first kappa shape index (κ1) is 18.7. The van der Waals surface area contributed by atoms with Gasteiger partial charge in [0.2, 0.25) is 10.0 Å². The average Bonchev–Trinajstić information content (AvgIpc) is 2.54. The molecule has 0 aromatic heterocycles. The van der Waals surface area contributed by atoms with E-state index in [0.29, 0.717) is 11.6 Å². The van der Waals surface area contributed by atoms with Crippen molar-refractivity contribution in [3.8, 4) is 0 Å². The Morgan fingerprint density at radius 3 is 2.50 bits per heavy atom. The van der Waals surface area contributed by atoms with E-state index in [1.165, 1.54) is 12.1 Å². The van der Waals surface area contributed by atoms with Crippen molar-refractivity contribution in [1.29, 1.82) is 0 Å². The van der Waals surface area contributed by atoms with E-state index in [0.717, 1.165) is 25.7 Å². The zero-order valence-electron chi connectivity index (χ0n) is 13.5. The maximum atomic E-state index is 11.3. The molecule has 134 valence electrons. The Hall–Kier alpha value is -1.68. The minimum absolute atomic E-state index is 0.0455. The van der Waals surface area contributed by atoms with Gasteiger partial charge in [0.1, 0.15) is 0 Å². The third-order valence-corrected chi connectivity index (χ3v) is 4.89. The molecule has 0 spiro atoms. The Labute approximate surface area is 142 Å². The second-order valence-corrected chi connectivity index (χ2v) is 7.41. The lowest BCUT2D eigenvalue weighted by atomic mass is 9.91. The van der Waals surface area contributed by atoms with E-state index in [1.807, 2.05) is 0 Å². The SMILES string of the molecule is N[C@H]1CCCC[C@@H]1NC(=NCCO)Nc1ccc(S(N)(=O)=O)cc1. The number of nitrogens with two attached hydrogens (primary N) is 2. The Balaban J connectivity index is 2.08. The number of nitrogens with one attached hydrogen (secondary N) is 2. The monoisotopic (exact) mass is 355 g/mol. The van der Waals surface area contributed by atoms with Gasteiger partial charge in [-0.3, -0.25) is 4.99 Å². The van der Waals surface area contributed by atoms with Gasteiger partial charge in [0.25, 0.3) is 0 Å². The van der Waals surface area contributed by atoms with Gasteiger partial charge in [0.05, 0.1) is 18.0 Å². The van der Waals surface area contributed by atoms with Crippen molar-refractivity contribution >= 4 is 21.7 Å². The van der Waals surface area contributed by atoms with Crippen molar-refractivity contribution in [2.24, 2.45) is 15.9 Å². The van der Waals surface area contributed by atoms with Crippen LogP contribution in [-0.2, 0) is 10.0 Å². The number of aliphatic hydroxyl groups excluding tert-OH is 1. The van der Waals surface area contributed by atoms with Crippen LogP contribution in [0.15, 0.2) is 34.2 Å². The van der Waals surface area contributed by atoms with Crippen LogP contribution in [0.5, 0.6) is 0 Å². The smallest absolute Gasteiger partial charge is 0.238 e. The number of aliphatic hydroxyl groups is 1. The first-order valence-electron chi connectivity index (χ1n) is 7.97. The second-order valence-electron chi connectivity index (χ2n) is 5.85. The predicted octanol–water partition coefficient (Wildman–Crippen LogP) is -0.0463. The van der Waals surface area contributed by atoms with E-state index in [9.17, 15) is 8.42 Å². The van der Waals surface area contributed by atoms with E-state index in [4.69, 9.17) is 16.0 Å². The lowest BCUT2D eigenvalue weighted by Gasteiger charge is -2.30. The van der Waals surface area contributed by atoms with E-state index in [-0.39, 0.29) is 30.1 Å². The molecular formula is C15H25N5O3S. The summed E-state index contributed by atoms with van der Waals surface area (Å²) in [6, 6.07) is 6.24. The maximum Gasteiger partial charge on any atom is 0.238 e. The van der Waals surface area contributed by atoms with Crippen LogP contribution in [0.25, 0.3) is 0 Å². The molecule has 1 fully saturated rings. The summed E-state index contributed by atoms with van der Waals surface area (Å²) >= 11 is 0. The average molecular weight is 355 g/mol. The van der Waals surface area contributed by atoms with Crippen LogP contribution >= 0.6 is 0 Å². The van der Waals surface area contributed by atoms with E-state index in [1.54, 1.807) is 12.1 Å². The van der Waals surface area contributed by atoms with Crippen LogP contribution in [0.4, 0.5) is 5.69 Å². The number of aliphatic imine (C=N–C) groups is 1. The van der Waals surface area contributed by atoms with Gasteiger partial charge in [-0.15, -0.1) is 0 Å². The highest BCUT2D eigenvalue weighted by Crippen LogP contribution is 2.17. The number of anilines is 1. The van der Waals surface area contributed by atoms with Crippen LogP contribution < -0.4 is 21.5 Å². The molecule has 2 rings (SSSR count). The number of guanidine groups is 1. The van der Waals surface area contributed by atoms with E-state index >= 15 is 0 Å². The topological polar surface area (TPSA) is 143 Å². The quantitative estimate of drug-likeness (QED) is 0.370. The number of sulfonamides is 1. The minimum Gasteiger partial charge on any atom is -0.394 e. The number of nitrogens with zero attached hydrogens (tertiary/aromatic N) is 1. The van der Waals surface area contributed by atoms with Gasteiger partial charge in [0, 0.05) is 17.8 Å². The molecule has 1 aliphatic carbocycles. The Morgan fingerprint density at radius 1 is 1.25 bits per heavy atom. The number of benzene rings is 1. The second kappa shape index (κ2) is 8.43. The number of primary sulfonamides is 1. The molecule has 1 aliphatic rings. The van der Waals surface area contributed by atoms with Crippen molar-refractivity contribution in [3.63, 3.8) is 0 Å². The molecule has 8 nitrogen and oxygen atoms in total. The van der Waals surface area contributed by atoms with Gasteiger partial charge >= 0.3 is 0 Å². The van der Waals surface area contributed by atoms with Gasteiger partial charge in [-0.05, 0) is 37.1 Å². The summed E-state index contributed by atoms with van der Waals surface area (Å²) < 4.78 is 22.6. The normalized spacial score (nSPS) is 22.2. The summed E-state index contributed by atoms with van der Waals surface area (Å²) in [7, 11) is -3.72. The molecule has 1 aromatic rings. The molecule has 24 heavy (non-hydrogen) atoms. The third-order valence-electron chi connectivity index (χ3n) is 3.96. The molecule has 0 saturated heterocycles. The van der Waals surface area contributed by atoms with Crippen molar-refractivity contribution in [3.05, 3.63) is 24.3 Å². The molecule has 1 aromatic carbocycles. The first-order chi connectivity index (χ1) is 11.4. The molecule has 1 saturated carbocycles. The largest absolute Gasteiger partial charge is 0.394 e. The fraction of sp³-hybridized carbons (Fsp3) is 0.533. The van der Waals surface area contributed by atoms with Gasteiger partial charge in [-0.2, -0.15) is 0 Å². The molecule has 0 amide bonds. The Bertz CT molecular complexity index is 660. The molecule has 0 bridgehead atoms. The van der Waals surface area contributed by atoms with Crippen LogP contribution in [0.2, 0.25) is 0 Å². The molecule has 0 heterocycles. The zero-order valence-corrected chi connectivity index (χ0v) is 14.3. The van der Waals surface area contributed by atoms with Gasteiger partial charge < -0.3 is 21.5 Å². The van der Waals surface area contributed by atoms with E-state index in [2.05, 4.69) is 15.6 Å². The van der Waals surface area contributed by atoms with Gasteiger partial charge in [-0.25, -0.2) is 13.6 Å². The fourth-order valence-electron chi connectivity index (χ4n) is 2.66. The molecule has 2 atom stereocenters. The van der Waals surface area contributed by atoms with Crippen molar-refractivity contribution in [2.75, 3.05) is 18.5 Å². The molecule has 0 radical (unpaired) electrons.